The van der Waals surface area contributed by atoms with Crippen molar-refractivity contribution in [2.24, 2.45) is 15.9 Å². The average molecular weight is 569 g/mol. The summed E-state index contributed by atoms with van der Waals surface area (Å²) in [6.45, 7) is 2.10. The number of carboxylic acids is 1. The van der Waals surface area contributed by atoms with Gasteiger partial charge in [0, 0.05) is 36.3 Å². The van der Waals surface area contributed by atoms with E-state index in [4.69, 9.17) is 26.1 Å². The van der Waals surface area contributed by atoms with E-state index in [0.717, 1.165) is 36.4 Å². The van der Waals surface area contributed by atoms with Gasteiger partial charge < -0.3 is 14.6 Å². The first-order valence-corrected chi connectivity index (χ1v) is 13.5. The summed E-state index contributed by atoms with van der Waals surface area (Å²) in [6, 6.07) is 1.58. The van der Waals surface area contributed by atoms with Gasteiger partial charge in [-0.1, -0.05) is 29.4 Å². The number of morpholine rings is 1. The van der Waals surface area contributed by atoms with Crippen LogP contribution < -0.4 is 0 Å². The third-order valence-electron chi connectivity index (χ3n) is 7.31. The summed E-state index contributed by atoms with van der Waals surface area (Å²) in [5.74, 6) is -3.52. The Morgan fingerprint density at radius 2 is 2.00 bits per heavy atom. The molecule has 1 N–H and O–H groups in total. The molecule has 0 radical (unpaired) electrons. The van der Waals surface area contributed by atoms with Crippen molar-refractivity contribution in [2.75, 3.05) is 33.4 Å². The summed E-state index contributed by atoms with van der Waals surface area (Å²) in [5, 5.41) is 8.45. The number of benzene rings is 1. The standard InChI is InChI=1S/C25H27ClF2N4O5S/c1-36-24(35)23-22(17-2-3-18(27)21(28)20(17)26)30-25(38-23)32-12-29-5-4-14(32)9-31-15-6-13(8-19(33)34)7-16(31)11-37-10-15/h2-4,12-13,15-16,22-23H,5-11H2,1H3,(H,33,34)/t13?,15-,16+,22-,23-/m1/s1. The van der Waals surface area contributed by atoms with Crippen LogP contribution in [0.4, 0.5) is 8.78 Å². The summed E-state index contributed by atoms with van der Waals surface area (Å²) < 4.78 is 38.8. The summed E-state index contributed by atoms with van der Waals surface area (Å²) in [4.78, 5) is 37.2. The minimum Gasteiger partial charge on any atom is -0.481 e. The van der Waals surface area contributed by atoms with E-state index in [2.05, 4.69) is 9.89 Å². The van der Waals surface area contributed by atoms with Gasteiger partial charge in [-0.15, -0.1) is 0 Å². The van der Waals surface area contributed by atoms with Crippen LogP contribution in [0, 0.1) is 17.6 Å². The molecule has 2 saturated heterocycles. The minimum atomic E-state index is -1.19. The molecular weight excluding hydrogens is 542 g/mol. The Balaban J connectivity index is 1.40. The Kier molecular flexibility index (Phi) is 8.03. The molecule has 1 unspecified atom stereocenters. The molecule has 4 aliphatic rings. The Morgan fingerprint density at radius 3 is 2.68 bits per heavy atom. The van der Waals surface area contributed by atoms with Crippen LogP contribution in [0.15, 0.2) is 33.9 Å². The number of methoxy groups -OCH3 is 1. The van der Waals surface area contributed by atoms with E-state index in [1.54, 1.807) is 11.2 Å². The number of hydrogen-bond acceptors (Lipinski definition) is 9. The molecule has 4 aliphatic heterocycles. The summed E-state index contributed by atoms with van der Waals surface area (Å²) in [7, 11) is 1.26. The fourth-order valence-corrected chi connectivity index (χ4v) is 7.02. The second-order valence-corrected chi connectivity index (χ2v) is 11.2. The molecule has 1 aromatic rings. The third-order valence-corrected chi connectivity index (χ3v) is 8.91. The second-order valence-electron chi connectivity index (χ2n) is 9.68. The van der Waals surface area contributed by atoms with Crippen molar-refractivity contribution >= 4 is 46.8 Å². The van der Waals surface area contributed by atoms with Gasteiger partial charge in [-0.05, 0) is 30.9 Å². The molecular formula is C25H27ClF2N4O5S. The number of nitrogens with zero attached hydrogens (tertiary/aromatic N) is 4. The fraction of sp³-hybridized carbons (Fsp3) is 0.520. The van der Waals surface area contributed by atoms with Crippen LogP contribution in [0.2, 0.25) is 5.02 Å². The number of amidine groups is 1. The summed E-state index contributed by atoms with van der Waals surface area (Å²) >= 11 is 7.28. The van der Waals surface area contributed by atoms with Gasteiger partial charge in [-0.25, -0.2) is 8.78 Å². The number of carboxylic acid groups (broad SMARTS) is 1. The van der Waals surface area contributed by atoms with Gasteiger partial charge in [-0.2, -0.15) is 0 Å². The molecule has 0 spiro atoms. The molecule has 204 valence electrons. The van der Waals surface area contributed by atoms with Crippen molar-refractivity contribution in [3.8, 4) is 0 Å². The highest BCUT2D eigenvalue weighted by Crippen LogP contribution is 2.43. The van der Waals surface area contributed by atoms with Crippen molar-refractivity contribution in [1.82, 2.24) is 9.80 Å². The average Bonchev–Trinajstić information content (AvgIpc) is 3.32. The first-order chi connectivity index (χ1) is 18.3. The van der Waals surface area contributed by atoms with Crippen LogP contribution in [-0.4, -0.2) is 89.1 Å². The summed E-state index contributed by atoms with van der Waals surface area (Å²) in [6.07, 6.45) is 5.25. The zero-order valence-electron chi connectivity index (χ0n) is 20.6. The molecule has 2 fully saturated rings. The Morgan fingerprint density at radius 1 is 1.26 bits per heavy atom. The Labute approximate surface area is 227 Å². The monoisotopic (exact) mass is 568 g/mol. The SMILES string of the molecule is COC(=O)[C@@H]1SC(N2C=NCC=C2CN2[C@@H]3COC[C@H]2CC(CC(=O)O)C3)=N[C@@H]1c1ccc(F)c(F)c1Cl. The maximum atomic E-state index is 14.3. The van der Waals surface area contributed by atoms with E-state index in [1.807, 2.05) is 6.08 Å². The number of piperidine rings is 1. The highest BCUT2D eigenvalue weighted by atomic mass is 35.5. The topological polar surface area (TPSA) is 104 Å². The minimum absolute atomic E-state index is 0.0863. The Hall–Kier alpha value is -2.54. The molecule has 5 rings (SSSR count). The first-order valence-electron chi connectivity index (χ1n) is 12.3. The van der Waals surface area contributed by atoms with E-state index < -0.39 is 39.9 Å². The highest BCUT2D eigenvalue weighted by molar-refractivity contribution is 8.15. The molecule has 4 heterocycles. The molecule has 0 amide bonds. The molecule has 9 nitrogen and oxygen atoms in total. The first kappa shape index (κ1) is 27.0. The van der Waals surface area contributed by atoms with Crippen molar-refractivity contribution in [1.29, 1.82) is 0 Å². The van der Waals surface area contributed by atoms with Crippen LogP contribution in [0.3, 0.4) is 0 Å². The number of fused-ring (bicyclic) bond motifs is 2. The number of carbonyl (C=O) groups excluding carboxylic acids is 1. The summed E-state index contributed by atoms with van der Waals surface area (Å²) in [5.41, 5.74) is 1.09. The lowest BCUT2D eigenvalue weighted by Gasteiger charge is -2.49. The van der Waals surface area contributed by atoms with Gasteiger partial charge in [0.2, 0.25) is 0 Å². The van der Waals surface area contributed by atoms with E-state index in [-0.39, 0.29) is 30.0 Å². The lowest BCUT2D eigenvalue weighted by molar-refractivity contribution is -0.141. The molecule has 2 bridgehead atoms. The van der Waals surface area contributed by atoms with Gasteiger partial charge in [0.25, 0.3) is 0 Å². The maximum Gasteiger partial charge on any atom is 0.321 e. The third kappa shape index (κ3) is 5.31. The molecule has 1 aromatic carbocycles. The van der Waals surface area contributed by atoms with Gasteiger partial charge in [-0.3, -0.25) is 29.4 Å². The largest absolute Gasteiger partial charge is 0.481 e. The predicted molar refractivity (Wildman–Crippen MR) is 138 cm³/mol. The van der Waals surface area contributed by atoms with Crippen LogP contribution in [0.5, 0.6) is 0 Å². The van der Waals surface area contributed by atoms with Gasteiger partial charge in [0.15, 0.2) is 16.8 Å². The molecule has 0 aromatic heterocycles. The molecule has 13 heteroatoms. The molecule has 38 heavy (non-hydrogen) atoms. The van der Waals surface area contributed by atoms with E-state index >= 15 is 0 Å². The van der Waals surface area contributed by atoms with Crippen LogP contribution in [0.1, 0.15) is 30.9 Å². The van der Waals surface area contributed by atoms with E-state index in [0.29, 0.717) is 31.5 Å². The van der Waals surface area contributed by atoms with Crippen molar-refractivity contribution in [3.05, 3.63) is 46.1 Å². The van der Waals surface area contributed by atoms with Crippen molar-refractivity contribution in [2.45, 2.75) is 42.6 Å². The number of ether oxygens (including phenoxy) is 2. The fourth-order valence-electron chi connectivity index (χ4n) is 5.54. The number of halogens is 3. The van der Waals surface area contributed by atoms with Crippen molar-refractivity contribution < 1.29 is 33.0 Å². The lowest BCUT2D eigenvalue weighted by atomic mass is 9.83. The maximum absolute atomic E-state index is 14.3. The quantitative estimate of drug-likeness (QED) is 0.411. The molecule has 0 saturated carbocycles. The zero-order chi connectivity index (χ0) is 27.0. The predicted octanol–water partition coefficient (Wildman–Crippen LogP) is 3.49. The highest BCUT2D eigenvalue weighted by Gasteiger charge is 2.43. The molecule has 5 atom stereocenters. The van der Waals surface area contributed by atoms with Crippen LogP contribution in [0.25, 0.3) is 0 Å². The van der Waals surface area contributed by atoms with Crippen molar-refractivity contribution in [3.63, 3.8) is 0 Å². The van der Waals surface area contributed by atoms with Gasteiger partial charge >= 0.3 is 11.9 Å². The van der Waals surface area contributed by atoms with Crippen LogP contribution in [-0.2, 0) is 19.1 Å². The number of rotatable bonds is 6. The number of aliphatic imine (C=N–C) groups is 2. The van der Waals surface area contributed by atoms with Gasteiger partial charge in [0.05, 0.1) is 38.2 Å². The van der Waals surface area contributed by atoms with Gasteiger partial charge in [0.1, 0.15) is 11.3 Å². The number of carbonyl (C=O) groups is 2. The Bertz CT molecular complexity index is 1200. The number of thioether (sulfide) groups is 1. The molecule has 0 aliphatic carbocycles. The second kappa shape index (κ2) is 11.3. The number of esters is 1. The zero-order valence-corrected chi connectivity index (χ0v) is 22.1. The number of hydrogen-bond donors (Lipinski definition) is 1. The smallest absolute Gasteiger partial charge is 0.321 e. The number of aliphatic carboxylic acids is 1. The van der Waals surface area contributed by atoms with E-state index in [1.165, 1.54) is 13.2 Å². The normalized spacial score (nSPS) is 29.2. The van der Waals surface area contributed by atoms with Crippen LogP contribution >= 0.6 is 23.4 Å². The van der Waals surface area contributed by atoms with E-state index in [9.17, 15) is 23.5 Å². The lowest BCUT2D eigenvalue weighted by Crippen LogP contribution is -2.58.